The van der Waals surface area contributed by atoms with E-state index in [0.717, 1.165) is 39.3 Å². The lowest BCUT2D eigenvalue weighted by Crippen LogP contribution is -2.63. The summed E-state index contributed by atoms with van der Waals surface area (Å²) >= 11 is 6.00. The van der Waals surface area contributed by atoms with Gasteiger partial charge in [-0.05, 0) is 6.07 Å². The van der Waals surface area contributed by atoms with Gasteiger partial charge in [-0.25, -0.2) is 0 Å². The summed E-state index contributed by atoms with van der Waals surface area (Å²) in [6.45, 7) is 5.83. The van der Waals surface area contributed by atoms with Gasteiger partial charge in [-0.2, -0.15) is 0 Å². The highest BCUT2D eigenvalue weighted by molar-refractivity contribution is 6.33. The van der Waals surface area contributed by atoms with E-state index in [2.05, 4.69) is 15.2 Å². The van der Waals surface area contributed by atoms with Crippen molar-refractivity contribution in [1.82, 2.24) is 20.1 Å². The third-order valence-corrected chi connectivity index (χ3v) is 4.12. The Labute approximate surface area is 117 Å². The summed E-state index contributed by atoms with van der Waals surface area (Å²) in [6, 6.07) is 2.19. The van der Waals surface area contributed by atoms with Crippen LogP contribution in [0.25, 0.3) is 0 Å². The molecule has 6 heteroatoms. The molecule has 0 saturated carbocycles. The number of nitrogens with zero attached hydrogens (tertiary/aromatic N) is 3. The maximum absolute atomic E-state index is 12.3. The van der Waals surface area contributed by atoms with Crippen molar-refractivity contribution >= 4 is 17.5 Å². The number of nitrogens with one attached hydrogen (secondary N) is 1. The van der Waals surface area contributed by atoms with Crippen molar-refractivity contribution < 1.29 is 4.79 Å². The van der Waals surface area contributed by atoms with Gasteiger partial charge in [0.15, 0.2) is 0 Å². The number of amides is 1. The molecular weight excluding hydrogens is 264 g/mol. The highest BCUT2D eigenvalue weighted by Gasteiger charge is 2.35. The van der Waals surface area contributed by atoms with E-state index in [1.165, 1.54) is 6.20 Å². The first kappa shape index (κ1) is 12.8. The van der Waals surface area contributed by atoms with Crippen LogP contribution in [-0.4, -0.2) is 66.0 Å². The molecule has 0 spiro atoms. The summed E-state index contributed by atoms with van der Waals surface area (Å²) in [5.41, 5.74) is 0.551. The highest BCUT2D eigenvalue weighted by atomic mass is 35.5. The fourth-order valence-electron chi connectivity index (χ4n) is 2.62. The van der Waals surface area contributed by atoms with E-state index in [1.54, 1.807) is 12.3 Å². The lowest BCUT2D eigenvalue weighted by atomic mass is 10.0. The molecule has 0 atom stereocenters. The van der Waals surface area contributed by atoms with Crippen LogP contribution in [-0.2, 0) is 0 Å². The summed E-state index contributed by atoms with van der Waals surface area (Å²) in [6.07, 6.45) is 3.12. The minimum atomic E-state index is 0.0128. The number of pyridine rings is 1. The van der Waals surface area contributed by atoms with Crippen molar-refractivity contribution in [2.24, 2.45) is 0 Å². The Hall–Kier alpha value is -1.17. The van der Waals surface area contributed by atoms with Crippen LogP contribution in [0.15, 0.2) is 18.5 Å². The zero-order valence-electron chi connectivity index (χ0n) is 10.7. The van der Waals surface area contributed by atoms with Gasteiger partial charge in [-0.15, -0.1) is 0 Å². The molecule has 2 aliphatic rings. The SMILES string of the molecule is O=C(c1ccncc1Cl)N1CC(N2CCNCC2)C1. The summed E-state index contributed by atoms with van der Waals surface area (Å²) < 4.78 is 0. The van der Waals surface area contributed by atoms with E-state index < -0.39 is 0 Å². The first-order valence-electron chi connectivity index (χ1n) is 6.59. The van der Waals surface area contributed by atoms with Crippen molar-refractivity contribution in [2.45, 2.75) is 6.04 Å². The van der Waals surface area contributed by atoms with E-state index >= 15 is 0 Å². The summed E-state index contributed by atoms with van der Waals surface area (Å²) in [7, 11) is 0. The van der Waals surface area contributed by atoms with Crippen LogP contribution in [0.4, 0.5) is 0 Å². The molecule has 0 unspecified atom stereocenters. The van der Waals surface area contributed by atoms with Gasteiger partial charge in [-0.1, -0.05) is 11.6 Å². The molecule has 1 amide bonds. The number of piperazine rings is 1. The maximum Gasteiger partial charge on any atom is 0.255 e. The molecule has 2 aliphatic heterocycles. The smallest absolute Gasteiger partial charge is 0.255 e. The first-order chi connectivity index (χ1) is 9.25. The van der Waals surface area contributed by atoms with Gasteiger partial charge < -0.3 is 10.2 Å². The predicted octanol–water partition coefficient (Wildman–Crippen LogP) is 0.465. The van der Waals surface area contributed by atoms with Crippen LogP contribution >= 0.6 is 11.6 Å². The Balaban J connectivity index is 1.58. The Morgan fingerprint density at radius 1 is 1.37 bits per heavy atom. The van der Waals surface area contributed by atoms with Crippen molar-refractivity contribution in [2.75, 3.05) is 39.3 Å². The van der Waals surface area contributed by atoms with Gasteiger partial charge in [0, 0.05) is 57.7 Å². The summed E-state index contributed by atoms with van der Waals surface area (Å²) in [5, 5.41) is 3.77. The van der Waals surface area contributed by atoms with Crippen LogP contribution in [0, 0.1) is 0 Å². The van der Waals surface area contributed by atoms with E-state index in [9.17, 15) is 4.79 Å². The lowest BCUT2D eigenvalue weighted by Gasteiger charge is -2.46. The van der Waals surface area contributed by atoms with E-state index in [-0.39, 0.29) is 5.91 Å². The van der Waals surface area contributed by atoms with E-state index in [1.807, 2.05) is 4.90 Å². The molecule has 2 fully saturated rings. The number of aromatic nitrogens is 1. The number of carbonyl (C=O) groups excluding carboxylic acids is 1. The Kier molecular flexibility index (Phi) is 3.68. The summed E-state index contributed by atoms with van der Waals surface area (Å²) in [5.74, 6) is 0.0128. The molecule has 19 heavy (non-hydrogen) atoms. The average Bonchev–Trinajstić information content (AvgIpc) is 2.38. The van der Waals surface area contributed by atoms with Crippen molar-refractivity contribution in [3.05, 3.63) is 29.0 Å². The molecule has 2 saturated heterocycles. The largest absolute Gasteiger partial charge is 0.335 e. The maximum atomic E-state index is 12.3. The molecule has 0 bridgehead atoms. The molecule has 1 N–H and O–H groups in total. The number of halogens is 1. The van der Waals surface area contributed by atoms with Gasteiger partial charge in [0.2, 0.25) is 0 Å². The van der Waals surface area contributed by atoms with Gasteiger partial charge in [0.25, 0.3) is 5.91 Å². The van der Waals surface area contributed by atoms with Crippen molar-refractivity contribution in [3.63, 3.8) is 0 Å². The summed E-state index contributed by atoms with van der Waals surface area (Å²) in [4.78, 5) is 20.5. The van der Waals surface area contributed by atoms with Crippen LogP contribution in [0.2, 0.25) is 5.02 Å². The molecule has 5 nitrogen and oxygen atoms in total. The van der Waals surface area contributed by atoms with Crippen LogP contribution in [0.5, 0.6) is 0 Å². The minimum Gasteiger partial charge on any atom is -0.335 e. The second kappa shape index (κ2) is 5.45. The van der Waals surface area contributed by atoms with E-state index in [4.69, 9.17) is 11.6 Å². The fraction of sp³-hybridized carbons (Fsp3) is 0.538. The zero-order valence-corrected chi connectivity index (χ0v) is 11.4. The molecule has 0 aromatic carbocycles. The molecule has 1 aromatic heterocycles. The van der Waals surface area contributed by atoms with Crippen LogP contribution in [0.1, 0.15) is 10.4 Å². The normalized spacial score (nSPS) is 21.2. The molecule has 3 heterocycles. The average molecular weight is 281 g/mol. The van der Waals surface area contributed by atoms with Crippen LogP contribution in [0.3, 0.4) is 0 Å². The number of likely N-dealkylation sites (tertiary alicyclic amines) is 1. The third kappa shape index (κ3) is 2.59. The molecular formula is C13H17ClN4O. The van der Waals surface area contributed by atoms with Crippen molar-refractivity contribution in [1.29, 1.82) is 0 Å². The molecule has 0 aliphatic carbocycles. The van der Waals surface area contributed by atoms with Gasteiger partial charge >= 0.3 is 0 Å². The van der Waals surface area contributed by atoms with Crippen molar-refractivity contribution in [3.8, 4) is 0 Å². The number of carbonyl (C=O) groups is 1. The Bertz CT molecular complexity index is 469. The van der Waals surface area contributed by atoms with Gasteiger partial charge in [0.05, 0.1) is 10.6 Å². The molecule has 0 radical (unpaired) electrons. The molecule has 1 aromatic rings. The molecule has 102 valence electrons. The number of rotatable bonds is 2. The minimum absolute atomic E-state index is 0.0128. The first-order valence-corrected chi connectivity index (χ1v) is 6.97. The second-order valence-electron chi connectivity index (χ2n) is 5.01. The van der Waals surface area contributed by atoms with E-state index in [0.29, 0.717) is 16.6 Å². The fourth-order valence-corrected chi connectivity index (χ4v) is 2.82. The monoisotopic (exact) mass is 280 g/mol. The standard InChI is InChI=1S/C13H17ClN4O/c14-12-7-16-2-1-11(12)13(19)18-8-10(9-18)17-5-3-15-4-6-17/h1-2,7,10,15H,3-6,8-9H2. The number of hydrogen-bond acceptors (Lipinski definition) is 4. The zero-order chi connectivity index (χ0) is 13.2. The predicted molar refractivity (Wildman–Crippen MR) is 73.4 cm³/mol. The Morgan fingerprint density at radius 2 is 2.11 bits per heavy atom. The van der Waals surface area contributed by atoms with Gasteiger partial charge in [0.1, 0.15) is 0 Å². The van der Waals surface area contributed by atoms with Gasteiger partial charge in [-0.3, -0.25) is 14.7 Å². The highest BCUT2D eigenvalue weighted by Crippen LogP contribution is 2.21. The second-order valence-corrected chi connectivity index (χ2v) is 5.41. The quantitative estimate of drug-likeness (QED) is 0.855. The number of hydrogen-bond donors (Lipinski definition) is 1. The van der Waals surface area contributed by atoms with Crippen LogP contribution < -0.4 is 5.32 Å². The topological polar surface area (TPSA) is 48.5 Å². The lowest BCUT2D eigenvalue weighted by molar-refractivity contribution is 0.0227. The third-order valence-electron chi connectivity index (χ3n) is 3.82. The Morgan fingerprint density at radius 3 is 2.79 bits per heavy atom. The molecule has 3 rings (SSSR count).